The van der Waals surface area contributed by atoms with E-state index >= 15 is 0 Å². The molecule has 1 aromatic rings. The van der Waals surface area contributed by atoms with E-state index in [0.717, 1.165) is 24.3 Å². The van der Waals surface area contributed by atoms with E-state index in [2.05, 4.69) is 6.92 Å². The molecular formula is C13H20ClNO2. The average molecular weight is 258 g/mol. The molecule has 0 amide bonds. The van der Waals surface area contributed by atoms with Crippen LogP contribution in [0.25, 0.3) is 0 Å². The van der Waals surface area contributed by atoms with Crippen LogP contribution in [0.3, 0.4) is 0 Å². The van der Waals surface area contributed by atoms with Gasteiger partial charge in [0.25, 0.3) is 0 Å². The van der Waals surface area contributed by atoms with Gasteiger partial charge in [0.15, 0.2) is 0 Å². The Morgan fingerprint density at radius 3 is 2.71 bits per heavy atom. The van der Waals surface area contributed by atoms with Crippen molar-refractivity contribution in [3.8, 4) is 5.75 Å². The minimum atomic E-state index is -0.0970. The number of benzene rings is 1. The molecule has 1 atom stereocenters. The van der Waals surface area contributed by atoms with E-state index < -0.39 is 0 Å². The highest BCUT2D eigenvalue weighted by Crippen LogP contribution is 2.27. The Labute approximate surface area is 108 Å². The lowest BCUT2D eigenvalue weighted by Crippen LogP contribution is -2.11. The van der Waals surface area contributed by atoms with Gasteiger partial charge in [0, 0.05) is 23.2 Å². The molecule has 0 aliphatic rings. The first-order valence-corrected chi connectivity index (χ1v) is 6.28. The van der Waals surface area contributed by atoms with Crippen molar-refractivity contribution in [1.29, 1.82) is 0 Å². The number of ether oxygens (including phenoxy) is 2. The van der Waals surface area contributed by atoms with Gasteiger partial charge in [-0.3, -0.25) is 0 Å². The maximum Gasteiger partial charge on any atom is 0.124 e. The van der Waals surface area contributed by atoms with Crippen LogP contribution in [0.1, 0.15) is 31.9 Å². The lowest BCUT2D eigenvalue weighted by atomic mass is 10.1. The Balaban J connectivity index is 2.52. The van der Waals surface area contributed by atoms with Gasteiger partial charge in [-0.15, -0.1) is 0 Å². The first kappa shape index (κ1) is 14.3. The molecule has 0 aliphatic carbocycles. The van der Waals surface area contributed by atoms with Crippen LogP contribution in [0.2, 0.25) is 5.02 Å². The zero-order valence-corrected chi connectivity index (χ0v) is 11.2. The maximum atomic E-state index is 5.93. The summed E-state index contributed by atoms with van der Waals surface area (Å²) in [5.41, 5.74) is 6.79. The van der Waals surface area contributed by atoms with Crippen molar-refractivity contribution in [2.45, 2.75) is 26.3 Å². The van der Waals surface area contributed by atoms with Crippen LogP contribution in [0, 0.1) is 0 Å². The molecular weight excluding hydrogens is 238 g/mol. The summed E-state index contributed by atoms with van der Waals surface area (Å²) in [5, 5.41) is 0.673. The van der Waals surface area contributed by atoms with Crippen molar-refractivity contribution >= 4 is 11.6 Å². The lowest BCUT2D eigenvalue weighted by Gasteiger charge is -2.14. The zero-order chi connectivity index (χ0) is 12.7. The highest BCUT2D eigenvalue weighted by molar-refractivity contribution is 6.30. The van der Waals surface area contributed by atoms with Crippen LogP contribution in [0.5, 0.6) is 5.75 Å². The molecule has 0 heterocycles. The SMILES string of the molecule is CCCOCCOc1ccc(Cl)cc1C(C)N. The normalized spacial score (nSPS) is 12.5. The summed E-state index contributed by atoms with van der Waals surface area (Å²) < 4.78 is 11.0. The number of hydrogen-bond donors (Lipinski definition) is 1. The van der Waals surface area contributed by atoms with Crippen molar-refractivity contribution < 1.29 is 9.47 Å². The third-order valence-corrected chi connectivity index (χ3v) is 2.53. The summed E-state index contributed by atoms with van der Waals surface area (Å²) in [6.07, 6.45) is 1.02. The molecule has 1 aromatic carbocycles. The van der Waals surface area contributed by atoms with Crippen molar-refractivity contribution in [1.82, 2.24) is 0 Å². The molecule has 3 nitrogen and oxygen atoms in total. The summed E-state index contributed by atoms with van der Waals surface area (Å²) >= 11 is 5.93. The van der Waals surface area contributed by atoms with E-state index in [9.17, 15) is 0 Å². The topological polar surface area (TPSA) is 44.5 Å². The van der Waals surface area contributed by atoms with Crippen LogP contribution in [-0.4, -0.2) is 19.8 Å². The van der Waals surface area contributed by atoms with Crippen LogP contribution >= 0.6 is 11.6 Å². The molecule has 17 heavy (non-hydrogen) atoms. The van der Waals surface area contributed by atoms with E-state index in [0.29, 0.717) is 18.2 Å². The molecule has 0 saturated carbocycles. The monoisotopic (exact) mass is 257 g/mol. The molecule has 0 fully saturated rings. The molecule has 0 radical (unpaired) electrons. The molecule has 0 saturated heterocycles. The minimum absolute atomic E-state index is 0.0970. The quantitative estimate of drug-likeness (QED) is 0.763. The number of nitrogens with two attached hydrogens (primary N) is 1. The third kappa shape index (κ3) is 4.94. The van der Waals surface area contributed by atoms with Crippen LogP contribution in [-0.2, 0) is 4.74 Å². The molecule has 2 N–H and O–H groups in total. The number of halogens is 1. The van der Waals surface area contributed by atoms with Gasteiger partial charge in [-0.1, -0.05) is 18.5 Å². The van der Waals surface area contributed by atoms with Gasteiger partial charge >= 0.3 is 0 Å². The standard InChI is InChI=1S/C13H20ClNO2/c1-3-6-16-7-8-17-13-5-4-11(14)9-12(13)10(2)15/h4-5,9-10H,3,6-8,15H2,1-2H3. The molecule has 96 valence electrons. The zero-order valence-electron chi connectivity index (χ0n) is 10.4. The van der Waals surface area contributed by atoms with Gasteiger partial charge in [0.2, 0.25) is 0 Å². The number of hydrogen-bond acceptors (Lipinski definition) is 3. The van der Waals surface area contributed by atoms with E-state index in [1.54, 1.807) is 6.07 Å². The van der Waals surface area contributed by atoms with Crippen molar-refractivity contribution in [3.63, 3.8) is 0 Å². The first-order chi connectivity index (χ1) is 8.15. The molecule has 0 spiro atoms. The van der Waals surface area contributed by atoms with Gasteiger partial charge in [-0.05, 0) is 31.5 Å². The average Bonchev–Trinajstić information content (AvgIpc) is 2.30. The summed E-state index contributed by atoms with van der Waals surface area (Å²) in [7, 11) is 0. The van der Waals surface area contributed by atoms with E-state index in [1.807, 2.05) is 19.1 Å². The Kier molecular flexibility index (Phi) is 6.34. The fourth-order valence-corrected chi connectivity index (χ4v) is 1.64. The van der Waals surface area contributed by atoms with Gasteiger partial charge in [0.1, 0.15) is 12.4 Å². The second-order valence-corrected chi connectivity index (χ2v) is 4.37. The summed E-state index contributed by atoms with van der Waals surface area (Å²) in [4.78, 5) is 0. The summed E-state index contributed by atoms with van der Waals surface area (Å²) in [6, 6.07) is 5.39. The molecule has 4 heteroatoms. The van der Waals surface area contributed by atoms with Gasteiger partial charge in [-0.2, -0.15) is 0 Å². The molecule has 0 aliphatic heterocycles. The second kappa shape index (κ2) is 7.54. The predicted octanol–water partition coefficient (Wildman–Crippen LogP) is 3.17. The number of rotatable bonds is 7. The van der Waals surface area contributed by atoms with Gasteiger partial charge in [-0.25, -0.2) is 0 Å². The predicted molar refractivity (Wildman–Crippen MR) is 70.7 cm³/mol. The van der Waals surface area contributed by atoms with Gasteiger partial charge in [0.05, 0.1) is 6.61 Å². The van der Waals surface area contributed by atoms with Crippen molar-refractivity contribution in [2.24, 2.45) is 5.73 Å². The highest BCUT2D eigenvalue weighted by atomic mass is 35.5. The Hall–Kier alpha value is -0.770. The lowest BCUT2D eigenvalue weighted by molar-refractivity contribution is 0.100. The summed E-state index contributed by atoms with van der Waals surface area (Å²) in [5.74, 6) is 0.782. The first-order valence-electron chi connectivity index (χ1n) is 5.90. The maximum absolute atomic E-state index is 5.93. The fourth-order valence-electron chi connectivity index (χ4n) is 1.46. The largest absolute Gasteiger partial charge is 0.491 e. The van der Waals surface area contributed by atoms with Crippen LogP contribution in [0.15, 0.2) is 18.2 Å². The smallest absolute Gasteiger partial charge is 0.124 e. The minimum Gasteiger partial charge on any atom is -0.491 e. The molecule has 0 bridgehead atoms. The Morgan fingerprint density at radius 1 is 1.29 bits per heavy atom. The molecule has 0 aromatic heterocycles. The fraction of sp³-hybridized carbons (Fsp3) is 0.538. The molecule has 1 rings (SSSR count). The summed E-state index contributed by atoms with van der Waals surface area (Å²) in [6.45, 7) is 5.88. The van der Waals surface area contributed by atoms with E-state index in [-0.39, 0.29) is 6.04 Å². The van der Waals surface area contributed by atoms with E-state index in [1.165, 1.54) is 0 Å². The third-order valence-electron chi connectivity index (χ3n) is 2.30. The van der Waals surface area contributed by atoms with Crippen molar-refractivity contribution in [2.75, 3.05) is 19.8 Å². The Morgan fingerprint density at radius 2 is 2.06 bits per heavy atom. The Bertz CT molecular complexity index is 342. The van der Waals surface area contributed by atoms with Crippen LogP contribution in [0.4, 0.5) is 0 Å². The van der Waals surface area contributed by atoms with Crippen molar-refractivity contribution in [3.05, 3.63) is 28.8 Å². The van der Waals surface area contributed by atoms with E-state index in [4.69, 9.17) is 26.8 Å². The van der Waals surface area contributed by atoms with Crippen LogP contribution < -0.4 is 10.5 Å². The molecule has 1 unspecified atom stereocenters. The van der Waals surface area contributed by atoms with Gasteiger partial charge < -0.3 is 15.2 Å². The highest BCUT2D eigenvalue weighted by Gasteiger charge is 2.08. The second-order valence-electron chi connectivity index (χ2n) is 3.93.